The summed E-state index contributed by atoms with van der Waals surface area (Å²) >= 11 is 0. The van der Waals surface area contributed by atoms with E-state index in [1.54, 1.807) is 5.56 Å². The third kappa shape index (κ3) is 3.01. The summed E-state index contributed by atoms with van der Waals surface area (Å²) in [6.45, 7) is 2.32. The molecular weight excluding hydrogens is 232 g/mol. The molecule has 2 atom stereocenters. The van der Waals surface area contributed by atoms with Gasteiger partial charge >= 0.3 is 0 Å². The van der Waals surface area contributed by atoms with Gasteiger partial charge in [0.15, 0.2) is 0 Å². The van der Waals surface area contributed by atoms with Crippen LogP contribution in [-0.2, 0) is 13.0 Å². The van der Waals surface area contributed by atoms with Crippen molar-refractivity contribution in [1.29, 1.82) is 0 Å². The number of fused-ring (bicyclic) bond motifs is 1. The summed E-state index contributed by atoms with van der Waals surface area (Å²) in [5, 5.41) is 0. The van der Waals surface area contributed by atoms with E-state index in [1.165, 1.54) is 57.1 Å². The minimum atomic E-state index is 0.382. The molecule has 1 saturated carbocycles. The molecule has 0 amide bonds. The van der Waals surface area contributed by atoms with Crippen molar-refractivity contribution in [3.8, 4) is 0 Å². The van der Waals surface area contributed by atoms with E-state index in [-0.39, 0.29) is 0 Å². The van der Waals surface area contributed by atoms with Crippen LogP contribution >= 0.6 is 0 Å². The van der Waals surface area contributed by atoms with Gasteiger partial charge in [-0.25, -0.2) is 0 Å². The van der Waals surface area contributed by atoms with E-state index >= 15 is 0 Å². The molecule has 2 heteroatoms. The molecule has 1 aliphatic heterocycles. The highest BCUT2D eigenvalue weighted by Gasteiger charge is 2.27. The summed E-state index contributed by atoms with van der Waals surface area (Å²) in [6.07, 6.45) is 9.06. The molecule has 2 aliphatic rings. The van der Waals surface area contributed by atoms with Gasteiger partial charge in [0.1, 0.15) is 0 Å². The van der Waals surface area contributed by atoms with Gasteiger partial charge in [-0.15, -0.1) is 0 Å². The minimum Gasteiger partial charge on any atom is -0.326 e. The van der Waals surface area contributed by atoms with Crippen molar-refractivity contribution in [2.24, 2.45) is 5.73 Å². The van der Waals surface area contributed by atoms with Gasteiger partial charge in [0, 0.05) is 18.6 Å². The lowest BCUT2D eigenvalue weighted by Gasteiger charge is -2.34. The highest BCUT2D eigenvalue weighted by Crippen LogP contribution is 2.26. The number of nitrogens with two attached hydrogens (primary N) is 1. The van der Waals surface area contributed by atoms with Crippen LogP contribution in [0.15, 0.2) is 24.3 Å². The molecular formula is C17H26N2. The molecule has 2 unspecified atom stereocenters. The molecule has 104 valence electrons. The molecule has 2 nitrogen and oxygen atoms in total. The molecule has 1 heterocycles. The van der Waals surface area contributed by atoms with Crippen LogP contribution in [0.5, 0.6) is 0 Å². The van der Waals surface area contributed by atoms with E-state index in [0.29, 0.717) is 12.1 Å². The molecule has 1 aromatic rings. The van der Waals surface area contributed by atoms with Crippen LogP contribution < -0.4 is 5.73 Å². The monoisotopic (exact) mass is 258 g/mol. The average molecular weight is 258 g/mol. The largest absolute Gasteiger partial charge is 0.326 e. The maximum Gasteiger partial charge on any atom is 0.0250 e. The zero-order valence-electron chi connectivity index (χ0n) is 11.9. The van der Waals surface area contributed by atoms with Gasteiger partial charge < -0.3 is 5.73 Å². The second-order valence-corrected chi connectivity index (χ2v) is 6.21. The van der Waals surface area contributed by atoms with E-state index in [4.69, 9.17) is 5.73 Å². The molecule has 3 rings (SSSR count). The summed E-state index contributed by atoms with van der Waals surface area (Å²) in [4.78, 5) is 2.67. The fourth-order valence-electron chi connectivity index (χ4n) is 3.78. The smallest absolute Gasteiger partial charge is 0.0250 e. The van der Waals surface area contributed by atoms with E-state index in [1.807, 2.05) is 0 Å². The van der Waals surface area contributed by atoms with E-state index < -0.39 is 0 Å². The average Bonchev–Trinajstić information content (AvgIpc) is 2.76. The maximum atomic E-state index is 6.44. The van der Waals surface area contributed by atoms with Gasteiger partial charge in [-0.2, -0.15) is 0 Å². The van der Waals surface area contributed by atoms with Crippen LogP contribution in [-0.4, -0.2) is 23.5 Å². The maximum absolute atomic E-state index is 6.44. The molecule has 0 radical (unpaired) electrons. The van der Waals surface area contributed by atoms with Crippen LogP contribution in [0.2, 0.25) is 0 Å². The number of nitrogens with zero attached hydrogens (tertiary/aromatic N) is 1. The molecule has 0 spiro atoms. The fraction of sp³-hybridized carbons (Fsp3) is 0.647. The normalized spacial score (nSPS) is 29.3. The minimum absolute atomic E-state index is 0.382. The summed E-state index contributed by atoms with van der Waals surface area (Å²) in [7, 11) is 0. The van der Waals surface area contributed by atoms with Crippen molar-refractivity contribution in [1.82, 2.24) is 4.90 Å². The highest BCUT2D eigenvalue weighted by atomic mass is 15.2. The second-order valence-electron chi connectivity index (χ2n) is 6.21. The Morgan fingerprint density at radius 3 is 2.63 bits per heavy atom. The Kier molecular flexibility index (Phi) is 4.19. The predicted octanol–water partition coefficient (Wildman–Crippen LogP) is 3.09. The first-order valence-electron chi connectivity index (χ1n) is 7.91. The van der Waals surface area contributed by atoms with Crippen LogP contribution in [0.3, 0.4) is 0 Å². The van der Waals surface area contributed by atoms with Gasteiger partial charge in [-0.05, 0) is 43.4 Å². The first kappa shape index (κ1) is 13.1. The summed E-state index contributed by atoms with van der Waals surface area (Å²) in [5.74, 6) is 0. The van der Waals surface area contributed by atoms with Crippen molar-refractivity contribution in [2.75, 3.05) is 6.54 Å². The Balaban J connectivity index is 1.77. The third-order valence-electron chi connectivity index (χ3n) is 4.88. The Morgan fingerprint density at radius 1 is 0.947 bits per heavy atom. The Bertz CT molecular complexity index is 415. The molecule has 0 bridgehead atoms. The molecule has 1 aromatic carbocycles. The quantitative estimate of drug-likeness (QED) is 0.784. The van der Waals surface area contributed by atoms with Gasteiger partial charge in [0.25, 0.3) is 0 Å². The highest BCUT2D eigenvalue weighted by molar-refractivity contribution is 5.28. The van der Waals surface area contributed by atoms with Crippen LogP contribution in [0.4, 0.5) is 0 Å². The van der Waals surface area contributed by atoms with Gasteiger partial charge in [0.2, 0.25) is 0 Å². The first-order valence-corrected chi connectivity index (χ1v) is 7.91. The first-order chi connectivity index (χ1) is 9.34. The zero-order valence-corrected chi connectivity index (χ0v) is 11.9. The SMILES string of the molecule is NC1CCCCCC1N1CCCc2ccccc2C1. The third-order valence-corrected chi connectivity index (χ3v) is 4.88. The van der Waals surface area contributed by atoms with Crippen molar-refractivity contribution in [3.05, 3.63) is 35.4 Å². The number of rotatable bonds is 1. The Morgan fingerprint density at radius 2 is 1.74 bits per heavy atom. The molecule has 2 N–H and O–H groups in total. The lowest BCUT2D eigenvalue weighted by Crippen LogP contribution is -2.47. The van der Waals surface area contributed by atoms with Crippen molar-refractivity contribution in [2.45, 2.75) is 63.6 Å². The number of aryl methyl sites for hydroxylation is 1. The van der Waals surface area contributed by atoms with Crippen LogP contribution in [0, 0.1) is 0 Å². The van der Waals surface area contributed by atoms with E-state index in [9.17, 15) is 0 Å². The van der Waals surface area contributed by atoms with Gasteiger partial charge in [-0.1, -0.05) is 43.5 Å². The molecule has 0 saturated heterocycles. The van der Waals surface area contributed by atoms with Crippen molar-refractivity contribution < 1.29 is 0 Å². The topological polar surface area (TPSA) is 29.3 Å². The lowest BCUT2D eigenvalue weighted by atomic mass is 10.0. The van der Waals surface area contributed by atoms with Crippen molar-refractivity contribution >= 4 is 0 Å². The second kappa shape index (κ2) is 6.06. The van der Waals surface area contributed by atoms with E-state index in [0.717, 1.165) is 6.54 Å². The number of hydrogen-bond donors (Lipinski definition) is 1. The molecule has 19 heavy (non-hydrogen) atoms. The zero-order chi connectivity index (χ0) is 13.1. The molecule has 1 fully saturated rings. The number of hydrogen-bond acceptors (Lipinski definition) is 2. The molecule has 1 aliphatic carbocycles. The predicted molar refractivity (Wildman–Crippen MR) is 80.0 cm³/mol. The van der Waals surface area contributed by atoms with Crippen LogP contribution in [0.25, 0.3) is 0 Å². The molecule has 0 aromatic heterocycles. The van der Waals surface area contributed by atoms with Gasteiger partial charge in [0.05, 0.1) is 0 Å². The summed E-state index contributed by atoms with van der Waals surface area (Å²) in [5.41, 5.74) is 9.51. The van der Waals surface area contributed by atoms with Crippen molar-refractivity contribution in [3.63, 3.8) is 0 Å². The Hall–Kier alpha value is -0.860. The van der Waals surface area contributed by atoms with Crippen LogP contribution in [0.1, 0.15) is 49.7 Å². The van der Waals surface area contributed by atoms with Gasteiger partial charge in [-0.3, -0.25) is 4.90 Å². The number of benzene rings is 1. The summed E-state index contributed by atoms with van der Waals surface area (Å²) < 4.78 is 0. The fourth-order valence-corrected chi connectivity index (χ4v) is 3.78. The summed E-state index contributed by atoms with van der Waals surface area (Å²) in [6, 6.07) is 9.93. The lowest BCUT2D eigenvalue weighted by molar-refractivity contribution is 0.156. The standard InChI is InChI=1S/C17H26N2/c18-16-10-2-1-3-11-17(16)19-12-6-9-14-7-4-5-8-15(14)13-19/h4-5,7-8,16-17H,1-3,6,9-13,18H2. The Labute approximate surface area is 117 Å². The van der Waals surface area contributed by atoms with E-state index in [2.05, 4.69) is 29.2 Å².